The van der Waals surface area contributed by atoms with Crippen molar-refractivity contribution in [3.63, 3.8) is 0 Å². The Labute approximate surface area is 71.8 Å². The summed E-state index contributed by atoms with van der Waals surface area (Å²) in [4.78, 5) is 3.96. The largest absolute Gasteiger partial charge is 0.396 e. The molecule has 0 unspecified atom stereocenters. The van der Waals surface area contributed by atoms with Crippen LogP contribution in [0.5, 0.6) is 0 Å². The number of fused-ring (bicyclic) bond motifs is 1. The van der Waals surface area contributed by atoms with Crippen LogP contribution in [0.1, 0.15) is 0 Å². The first-order valence-electron chi connectivity index (χ1n) is 3.28. The van der Waals surface area contributed by atoms with E-state index in [2.05, 4.69) is 4.98 Å². The number of nitrogens with two attached hydrogens (primary N) is 2. The Morgan fingerprint density at radius 3 is 2.83 bits per heavy atom. The van der Waals surface area contributed by atoms with Gasteiger partial charge in [0.2, 0.25) is 0 Å². The number of nitrogens with zero attached hydrogens (tertiary/aromatic N) is 1. The predicted molar refractivity (Wildman–Crippen MR) is 48.4 cm³/mol. The Morgan fingerprint density at radius 1 is 1.33 bits per heavy atom. The highest BCUT2D eigenvalue weighted by atomic mass is 32.1. The van der Waals surface area contributed by atoms with E-state index in [1.54, 1.807) is 0 Å². The molecule has 4 N–H and O–H groups in total. The number of rotatable bonds is 0. The Bertz CT molecular complexity index is 398. The van der Waals surface area contributed by atoms with Crippen LogP contribution in [-0.2, 0) is 0 Å². The second-order valence-corrected chi connectivity index (χ2v) is 3.46. The lowest BCUT2D eigenvalue weighted by atomic mass is 10.3. The van der Waals surface area contributed by atoms with Crippen molar-refractivity contribution in [2.75, 3.05) is 11.5 Å². The van der Waals surface area contributed by atoms with Crippen LogP contribution >= 0.6 is 11.3 Å². The highest BCUT2D eigenvalue weighted by Gasteiger charge is 2.05. The summed E-state index contributed by atoms with van der Waals surface area (Å²) in [5.41, 5.74) is 11.5. The normalized spacial score (nSPS) is 10.8. The second kappa shape index (κ2) is 2.31. The molecule has 1 aromatic carbocycles. The molecule has 0 saturated heterocycles. The van der Waals surface area contributed by atoms with Crippen molar-refractivity contribution in [1.29, 1.82) is 0 Å². The van der Waals surface area contributed by atoms with E-state index in [0.717, 1.165) is 4.70 Å². The van der Waals surface area contributed by atoms with Crippen LogP contribution in [0, 0.1) is 5.82 Å². The summed E-state index contributed by atoms with van der Waals surface area (Å²) in [7, 11) is 0. The Hall–Kier alpha value is -1.36. The van der Waals surface area contributed by atoms with Crippen molar-refractivity contribution >= 4 is 32.4 Å². The van der Waals surface area contributed by atoms with E-state index in [0.29, 0.717) is 10.6 Å². The topological polar surface area (TPSA) is 64.9 Å². The maximum atomic E-state index is 12.9. The molecule has 0 saturated carbocycles. The number of anilines is 2. The molecule has 0 aliphatic carbocycles. The van der Waals surface area contributed by atoms with E-state index in [9.17, 15) is 4.39 Å². The average Bonchev–Trinajstić information content (AvgIpc) is 2.30. The summed E-state index contributed by atoms with van der Waals surface area (Å²) < 4.78 is 13.6. The molecular formula is C7H6FN3S. The van der Waals surface area contributed by atoms with Gasteiger partial charge in [-0.3, -0.25) is 0 Å². The van der Waals surface area contributed by atoms with Crippen LogP contribution < -0.4 is 11.5 Å². The fraction of sp³-hybridized carbons (Fsp3) is 0. The third kappa shape index (κ3) is 0.984. The molecule has 0 aliphatic heterocycles. The van der Waals surface area contributed by atoms with Gasteiger partial charge in [0.15, 0.2) is 5.13 Å². The fourth-order valence-electron chi connectivity index (χ4n) is 0.983. The fourth-order valence-corrected chi connectivity index (χ4v) is 1.72. The maximum Gasteiger partial charge on any atom is 0.181 e. The molecule has 1 heterocycles. The van der Waals surface area contributed by atoms with Crippen LogP contribution in [0.3, 0.4) is 0 Å². The lowest BCUT2D eigenvalue weighted by Gasteiger charge is -1.93. The van der Waals surface area contributed by atoms with Gasteiger partial charge >= 0.3 is 0 Å². The van der Waals surface area contributed by atoms with E-state index in [1.807, 2.05) is 0 Å². The third-order valence-corrected chi connectivity index (χ3v) is 2.37. The van der Waals surface area contributed by atoms with Gasteiger partial charge in [-0.1, -0.05) is 11.3 Å². The van der Waals surface area contributed by atoms with E-state index < -0.39 is 5.82 Å². The van der Waals surface area contributed by atoms with Crippen LogP contribution in [0.25, 0.3) is 10.2 Å². The summed E-state index contributed by atoms with van der Waals surface area (Å²) in [6.45, 7) is 0. The molecular weight excluding hydrogens is 177 g/mol. The third-order valence-electron chi connectivity index (χ3n) is 1.52. The summed E-state index contributed by atoms with van der Waals surface area (Å²) >= 11 is 1.25. The molecule has 0 amide bonds. The molecule has 0 bridgehead atoms. The van der Waals surface area contributed by atoms with E-state index in [-0.39, 0.29) is 5.69 Å². The maximum absolute atomic E-state index is 12.9. The van der Waals surface area contributed by atoms with Gasteiger partial charge in [0.1, 0.15) is 5.82 Å². The molecule has 1 aromatic heterocycles. The summed E-state index contributed by atoms with van der Waals surface area (Å²) in [5, 5.41) is 0.426. The number of aromatic nitrogens is 1. The average molecular weight is 183 g/mol. The summed E-state index contributed by atoms with van der Waals surface area (Å²) in [5.74, 6) is -0.425. The minimum atomic E-state index is -0.425. The molecule has 12 heavy (non-hydrogen) atoms. The van der Waals surface area contributed by atoms with Gasteiger partial charge in [-0.2, -0.15) is 0 Å². The van der Waals surface area contributed by atoms with Gasteiger partial charge in [0.05, 0.1) is 15.9 Å². The Kier molecular flexibility index (Phi) is 1.41. The second-order valence-electron chi connectivity index (χ2n) is 2.39. The number of thiazole rings is 1. The summed E-state index contributed by atoms with van der Waals surface area (Å²) in [6, 6.07) is 2.83. The van der Waals surface area contributed by atoms with Gasteiger partial charge in [-0.05, 0) is 12.1 Å². The quantitative estimate of drug-likeness (QED) is 0.610. The van der Waals surface area contributed by atoms with E-state index in [4.69, 9.17) is 11.5 Å². The molecule has 0 aliphatic rings. The minimum Gasteiger partial charge on any atom is -0.396 e. The van der Waals surface area contributed by atoms with Gasteiger partial charge in [-0.15, -0.1) is 0 Å². The van der Waals surface area contributed by atoms with Crippen LogP contribution in [-0.4, -0.2) is 4.98 Å². The molecule has 0 fully saturated rings. The zero-order valence-corrected chi connectivity index (χ0v) is 6.86. The summed E-state index contributed by atoms with van der Waals surface area (Å²) in [6.07, 6.45) is 0. The standard InChI is InChI=1S/C7H6FN3S/c8-3-1-6-5(2-4(3)9)11-7(10)12-6/h1-2H,9H2,(H2,10,11). The van der Waals surface area contributed by atoms with Crippen molar-refractivity contribution in [3.8, 4) is 0 Å². The number of benzene rings is 1. The highest BCUT2D eigenvalue weighted by molar-refractivity contribution is 7.22. The molecule has 0 atom stereocenters. The molecule has 5 heteroatoms. The van der Waals surface area contributed by atoms with Gasteiger partial charge in [-0.25, -0.2) is 9.37 Å². The van der Waals surface area contributed by atoms with Gasteiger partial charge in [0, 0.05) is 0 Å². The van der Waals surface area contributed by atoms with Crippen molar-refractivity contribution in [2.24, 2.45) is 0 Å². The molecule has 0 spiro atoms. The lowest BCUT2D eigenvalue weighted by Crippen LogP contribution is -1.89. The number of hydrogen-bond acceptors (Lipinski definition) is 4. The van der Waals surface area contributed by atoms with Crippen LogP contribution in [0.4, 0.5) is 15.2 Å². The van der Waals surface area contributed by atoms with Crippen molar-refractivity contribution in [3.05, 3.63) is 17.9 Å². The number of halogens is 1. The van der Waals surface area contributed by atoms with E-state index >= 15 is 0 Å². The molecule has 62 valence electrons. The van der Waals surface area contributed by atoms with Crippen molar-refractivity contribution < 1.29 is 4.39 Å². The molecule has 0 radical (unpaired) electrons. The molecule has 3 nitrogen and oxygen atoms in total. The SMILES string of the molecule is Nc1nc2cc(N)c(F)cc2s1. The van der Waals surface area contributed by atoms with Crippen LogP contribution in [0.15, 0.2) is 12.1 Å². The van der Waals surface area contributed by atoms with Gasteiger partial charge < -0.3 is 11.5 Å². The number of hydrogen-bond donors (Lipinski definition) is 2. The first kappa shape index (κ1) is 7.30. The monoisotopic (exact) mass is 183 g/mol. The first-order chi connectivity index (χ1) is 5.66. The van der Waals surface area contributed by atoms with E-state index in [1.165, 1.54) is 23.5 Å². The Balaban J connectivity index is 2.83. The van der Waals surface area contributed by atoms with Crippen LogP contribution in [0.2, 0.25) is 0 Å². The Morgan fingerprint density at radius 2 is 2.08 bits per heavy atom. The number of nitrogen functional groups attached to an aromatic ring is 2. The lowest BCUT2D eigenvalue weighted by molar-refractivity contribution is 0.634. The smallest absolute Gasteiger partial charge is 0.181 e. The molecule has 2 aromatic rings. The highest BCUT2D eigenvalue weighted by Crippen LogP contribution is 2.26. The zero-order valence-electron chi connectivity index (χ0n) is 6.04. The predicted octanol–water partition coefficient (Wildman–Crippen LogP) is 1.60. The zero-order chi connectivity index (χ0) is 8.72. The van der Waals surface area contributed by atoms with Crippen molar-refractivity contribution in [1.82, 2.24) is 4.98 Å². The van der Waals surface area contributed by atoms with Gasteiger partial charge in [0.25, 0.3) is 0 Å². The molecule has 2 rings (SSSR count). The van der Waals surface area contributed by atoms with Crippen molar-refractivity contribution in [2.45, 2.75) is 0 Å². The first-order valence-corrected chi connectivity index (χ1v) is 4.09. The minimum absolute atomic E-state index is 0.104.